The summed E-state index contributed by atoms with van der Waals surface area (Å²) >= 11 is 0. The molecule has 3 fully saturated rings. The Morgan fingerprint density at radius 2 is 2.13 bits per heavy atom. The maximum atomic E-state index is 8.83. The first-order valence-corrected chi connectivity index (χ1v) is 9.34. The second-order valence-electron chi connectivity index (χ2n) is 7.10. The van der Waals surface area contributed by atoms with Crippen LogP contribution >= 0.6 is 0 Å². The van der Waals surface area contributed by atoms with Crippen LogP contribution in [0.25, 0.3) is 0 Å². The molecule has 0 bridgehead atoms. The number of rotatable bonds is 8. The Morgan fingerprint density at radius 3 is 2.96 bits per heavy atom. The summed E-state index contributed by atoms with van der Waals surface area (Å²) in [5, 5.41) is 8.83. The number of nitriles is 1. The minimum absolute atomic E-state index is 0.0517. The van der Waals surface area contributed by atoms with Gasteiger partial charge in [-0.25, -0.2) is 0 Å². The van der Waals surface area contributed by atoms with Crippen molar-refractivity contribution in [3.05, 3.63) is 11.6 Å². The van der Waals surface area contributed by atoms with Gasteiger partial charge in [-0.1, -0.05) is 19.3 Å². The van der Waals surface area contributed by atoms with Crippen LogP contribution < -0.4 is 0 Å². The van der Waals surface area contributed by atoms with Crippen LogP contribution in [-0.2, 0) is 14.2 Å². The average Bonchev–Trinajstić information content (AvgIpc) is 3.31. The van der Waals surface area contributed by atoms with E-state index < -0.39 is 0 Å². The van der Waals surface area contributed by atoms with Gasteiger partial charge in [0.25, 0.3) is 0 Å². The van der Waals surface area contributed by atoms with Gasteiger partial charge < -0.3 is 14.2 Å². The third kappa shape index (κ3) is 4.56. The molecule has 0 radical (unpaired) electrons. The van der Waals surface area contributed by atoms with Gasteiger partial charge in [-0.3, -0.25) is 0 Å². The number of unbranched alkanes of at least 4 members (excludes halogenated alkanes) is 3. The van der Waals surface area contributed by atoms with Crippen LogP contribution in [0.15, 0.2) is 11.6 Å². The number of epoxide rings is 1. The molecule has 1 aliphatic carbocycles. The zero-order valence-electron chi connectivity index (χ0n) is 14.1. The number of hydrogen-bond donors (Lipinski definition) is 0. The van der Waals surface area contributed by atoms with E-state index >= 15 is 0 Å². The number of fused-ring (bicyclic) bond motifs is 1. The van der Waals surface area contributed by atoms with Gasteiger partial charge in [0.15, 0.2) is 6.29 Å². The third-order valence-corrected chi connectivity index (χ3v) is 5.36. The topological polar surface area (TPSA) is 54.8 Å². The normalized spacial score (nSPS) is 34.8. The summed E-state index contributed by atoms with van der Waals surface area (Å²) in [7, 11) is 0. The Balaban J connectivity index is 1.24. The Labute approximate surface area is 139 Å². The van der Waals surface area contributed by atoms with Gasteiger partial charge in [0.05, 0.1) is 11.7 Å². The maximum Gasteiger partial charge on any atom is 0.157 e. The van der Waals surface area contributed by atoms with Crippen molar-refractivity contribution in [2.24, 2.45) is 0 Å². The minimum Gasteiger partial charge on any atom is -0.361 e. The fourth-order valence-corrected chi connectivity index (χ4v) is 4.01. The number of ether oxygens (including phenoxy) is 3. The molecule has 2 saturated heterocycles. The average molecular weight is 319 g/mol. The highest BCUT2D eigenvalue weighted by atomic mass is 16.7. The van der Waals surface area contributed by atoms with Crippen LogP contribution in [0.4, 0.5) is 0 Å². The fraction of sp³-hybridized carbons (Fsp3) is 0.842. The molecule has 1 saturated carbocycles. The first-order chi connectivity index (χ1) is 11.3. The second-order valence-corrected chi connectivity index (χ2v) is 7.10. The fourth-order valence-electron chi connectivity index (χ4n) is 4.01. The van der Waals surface area contributed by atoms with E-state index in [1.807, 2.05) is 0 Å². The third-order valence-electron chi connectivity index (χ3n) is 5.36. The quantitative estimate of drug-likeness (QED) is 0.381. The van der Waals surface area contributed by atoms with Gasteiger partial charge in [-0.2, -0.15) is 5.26 Å². The molecule has 3 aliphatic rings. The van der Waals surface area contributed by atoms with E-state index in [2.05, 4.69) is 6.07 Å². The molecule has 3 unspecified atom stereocenters. The monoisotopic (exact) mass is 319 g/mol. The molecule has 0 aromatic rings. The van der Waals surface area contributed by atoms with Crippen molar-refractivity contribution in [1.82, 2.24) is 0 Å². The lowest BCUT2D eigenvalue weighted by Crippen LogP contribution is -2.22. The van der Waals surface area contributed by atoms with E-state index in [1.165, 1.54) is 50.5 Å². The molecule has 3 rings (SSSR count). The van der Waals surface area contributed by atoms with Crippen LogP contribution in [-0.4, -0.2) is 31.2 Å². The summed E-state index contributed by atoms with van der Waals surface area (Å²) in [4.78, 5) is 0. The Hall–Kier alpha value is -0.890. The summed E-state index contributed by atoms with van der Waals surface area (Å²) in [5.41, 5.74) is 1.31. The summed E-state index contributed by atoms with van der Waals surface area (Å²) in [6.07, 6.45) is 14.8. The number of allylic oxidation sites excluding steroid dienone is 1. The van der Waals surface area contributed by atoms with Crippen LogP contribution in [0, 0.1) is 11.3 Å². The summed E-state index contributed by atoms with van der Waals surface area (Å²) < 4.78 is 17.3. The number of hydrogen-bond acceptors (Lipinski definition) is 4. The lowest BCUT2D eigenvalue weighted by molar-refractivity contribution is -0.162. The van der Waals surface area contributed by atoms with Crippen molar-refractivity contribution in [1.29, 1.82) is 5.26 Å². The molecule has 0 aromatic carbocycles. The lowest BCUT2D eigenvalue weighted by Gasteiger charge is -2.22. The molecule has 0 amide bonds. The minimum atomic E-state index is 0.0517. The SMILES string of the molecule is N#C/C=C1/CCCC2(CCCCCCOC3CCCCO3)OC12. The molecule has 0 N–H and O–H groups in total. The Morgan fingerprint density at radius 1 is 1.22 bits per heavy atom. The van der Waals surface area contributed by atoms with Crippen LogP contribution in [0.3, 0.4) is 0 Å². The molecule has 4 heteroatoms. The predicted octanol–water partition coefficient (Wildman–Crippen LogP) is 4.25. The van der Waals surface area contributed by atoms with E-state index in [4.69, 9.17) is 19.5 Å². The summed E-state index contributed by atoms with van der Waals surface area (Å²) in [5.74, 6) is 0. The Kier molecular flexibility index (Phi) is 6.10. The molecule has 128 valence electrons. The highest BCUT2D eigenvalue weighted by Gasteiger charge is 2.58. The van der Waals surface area contributed by atoms with Crippen molar-refractivity contribution < 1.29 is 14.2 Å². The maximum absolute atomic E-state index is 8.83. The molecular formula is C19H29NO3. The second kappa shape index (κ2) is 8.28. The zero-order chi connectivity index (χ0) is 16.0. The van der Waals surface area contributed by atoms with Gasteiger partial charge in [0.2, 0.25) is 0 Å². The first kappa shape index (κ1) is 17.0. The molecular weight excluding hydrogens is 290 g/mol. The molecule has 2 aliphatic heterocycles. The molecule has 3 atom stereocenters. The van der Waals surface area contributed by atoms with E-state index in [-0.39, 0.29) is 18.0 Å². The van der Waals surface area contributed by atoms with Crippen molar-refractivity contribution >= 4 is 0 Å². The van der Waals surface area contributed by atoms with Gasteiger partial charge in [-0.15, -0.1) is 0 Å². The van der Waals surface area contributed by atoms with Crippen LogP contribution in [0.1, 0.15) is 70.6 Å². The summed E-state index contributed by atoms with van der Waals surface area (Å²) in [6.45, 7) is 1.68. The molecule has 23 heavy (non-hydrogen) atoms. The van der Waals surface area contributed by atoms with Crippen LogP contribution in [0.5, 0.6) is 0 Å². The largest absolute Gasteiger partial charge is 0.361 e. The predicted molar refractivity (Wildman–Crippen MR) is 87.8 cm³/mol. The molecule has 4 nitrogen and oxygen atoms in total. The van der Waals surface area contributed by atoms with E-state index in [0.29, 0.717) is 0 Å². The van der Waals surface area contributed by atoms with Crippen molar-refractivity contribution in [3.8, 4) is 6.07 Å². The lowest BCUT2D eigenvalue weighted by atomic mass is 9.82. The van der Waals surface area contributed by atoms with Crippen molar-refractivity contribution in [3.63, 3.8) is 0 Å². The standard InChI is InChI=1S/C19H29NO3/c20-13-10-16-8-7-12-19(18(16)23-19)11-4-1-2-5-14-21-17-9-3-6-15-22-17/h10,17-18H,1-9,11-12,14-15H2/b16-10-. The number of nitrogens with zero attached hydrogens (tertiary/aromatic N) is 1. The van der Waals surface area contributed by atoms with Crippen LogP contribution in [0.2, 0.25) is 0 Å². The van der Waals surface area contributed by atoms with E-state index in [1.54, 1.807) is 6.08 Å². The molecule has 0 spiro atoms. The molecule has 2 heterocycles. The van der Waals surface area contributed by atoms with Crippen molar-refractivity contribution in [2.45, 2.75) is 88.6 Å². The zero-order valence-corrected chi connectivity index (χ0v) is 14.1. The van der Waals surface area contributed by atoms with Gasteiger partial charge in [0.1, 0.15) is 6.10 Å². The van der Waals surface area contributed by atoms with E-state index in [9.17, 15) is 0 Å². The van der Waals surface area contributed by atoms with Crippen molar-refractivity contribution in [2.75, 3.05) is 13.2 Å². The first-order valence-electron chi connectivity index (χ1n) is 9.34. The van der Waals surface area contributed by atoms with E-state index in [0.717, 1.165) is 38.9 Å². The smallest absolute Gasteiger partial charge is 0.157 e. The Bertz CT molecular complexity index is 450. The van der Waals surface area contributed by atoms with Gasteiger partial charge >= 0.3 is 0 Å². The highest BCUT2D eigenvalue weighted by Crippen LogP contribution is 2.53. The van der Waals surface area contributed by atoms with Gasteiger partial charge in [0, 0.05) is 19.3 Å². The highest BCUT2D eigenvalue weighted by molar-refractivity contribution is 5.30. The summed E-state index contributed by atoms with van der Waals surface area (Å²) in [6, 6.07) is 2.16. The van der Waals surface area contributed by atoms with Gasteiger partial charge in [-0.05, 0) is 56.9 Å². The molecule has 0 aromatic heterocycles.